The molecule has 34 heavy (non-hydrogen) atoms. The van der Waals surface area contributed by atoms with Crippen molar-refractivity contribution >= 4 is 24.1 Å². The molecule has 2 aromatic carbocycles. The standard InChI is InChI=1S/C24H22O10/c25-21-14-29-10-19(33-21)11-30-22(26)17-5-1-15(2-6-17)9-16-3-7-18(8-4-16)23(27)31-12-20-13-32-24(28)34-20/h1-8,19-20H,9-14H2. The van der Waals surface area contributed by atoms with Crippen LogP contribution in [0, 0.1) is 0 Å². The number of cyclic esters (lactones) is 3. The van der Waals surface area contributed by atoms with E-state index in [2.05, 4.69) is 4.74 Å². The van der Waals surface area contributed by atoms with Gasteiger partial charge in [0.15, 0.2) is 12.2 Å². The second-order valence-corrected chi connectivity index (χ2v) is 7.70. The van der Waals surface area contributed by atoms with Crippen LogP contribution in [0.5, 0.6) is 0 Å². The van der Waals surface area contributed by atoms with Gasteiger partial charge in [-0.25, -0.2) is 19.2 Å². The maximum Gasteiger partial charge on any atom is 0.508 e. The lowest BCUT2D eigenvalue weighted by Gasteiger charge is -2.22. The summed E-state index contributed by atoms with van der Waals surface area (Å²) in [4.78, 5) is 46.4. The van der Waals surface area contributed by atoms with Gasteiger partial charge in [0, 0.05) is 0 Å². The first-order valence-corrected chi connectivity index (χ1v) is 10.6. The van der Waals surface area contributed by atoms with Crippen LogP contribution in [0.4, 0.5) is 4.79 Å². The molecule has 0 saturated carbocycles. The van der Waals surface area contributed by atoms with Crippen LogP contribution < -0.4 is 0 Å². The Morgan fingerprint density at radius 2 is 1.29 bits per heavy atom. The van der Waals surface area contributed by atoms with Crippen molar-refractivity contribution in [2.45, 2.75) is 18.6 Å². The maximum absolute atomic E-state index is 12.2. The van der Waals surface area contributed by atoms with Gasteiger partial charge in [-0.15, -0.1) is 0 Å². The minimum absolute atomic E-state index is 0.0620. The molecule has 2 atom stereocenters. The van der Waals surface area contributed by atoms with Gasteiger partial charge in [0.05, 0.1) is 17.7 Å². The number of esters is 3. The Balaban J connectivity index is 1.24. The molecular formula is C24H22O10. The lowest BCUT2D eigenvalue weighted by Crippen LogP contribution is -2.36. The Hall–Kier alpha value is -3.92. The van der Waals surface area contributed by atoms with Crippen LogP contribution in [-0.2, 0) is 39.6 Å². The smallest absolute Gasteiger partial charge is 0.458 e. The molecule has 10 heteroatoms. The Labute approximate surface area is 194 Å². The second-order valence-electron chi connectivity index (χ2n) is 7.70. The zero-order chi connectivity index (χ0) is 23.9. The molecule has 2 aliphatic heterocycles. The van der Waals surface area contributed by atoms with E-state index in [9.17, 15) is 19.2 Å². The summed E-state index contributed by atoms with van der Waals surface area (Å²) in [7, 11) is 0. The topological polar surface area (TPSA) is 124 Å². The van der Waals surface area contributed by atoms with Crippen LogP contribution in [0.1, 0.15) is 31.8 Å². The zero-order valence-electron chi connectivity index (χ0n) is 18.1. The van der Waals surface area contributed by atoms with E-state index in [4.69, 9.17) is 23.7 Å². The van der Waals surface area contributed by atoms with E-state index in [-0.39, 0.29) is 33.0 Å². The number of rotatable bonds is 8. The average Bonchev–Trinajstić information content (AvgIpc) is 3.27. The van der Waals surface area contributed by atoms with Crippen molar-refractivity contribution in [3.63, 3.8) is 0 Å². The maximum atomic E-state index is 12.2. The average molecular weight is 470 g/mol. The molecule has 2 aliphatic rings. The summed E-state index contributed by atoms with van der Waals surface area (Å²) < 4.78 is 29.9. The minimum atomic E-state index is -0.767. The number of ether oxygens (including phenoxy) is 6. The van der Waals surface area contributed by atoms with E-state index >= 15 is 0 Å². The van der Waals surface area contributed by atoms with Crippen molar-refractivity contribution in [1.29, 1.82) is 0 Å². The quantitative estimate of drug-likeness (QED) is 0.418. The molecule has 0 N–H and O–H groups in total. The summed E-state index contributed by atoms with van der Waals surface area (Å²) in [5.41, 5.74) is 2.68. The highest BCUT2D eigenvalue weighted by molar-refractivity contribution is 5.90. The van der Waals surface area contributed by atoms with E-state index < -0.39 is 36.3 Å². The molecule has 178 valence electrons. The van der Waals surface area contributed by atoms with Gasteiger partial charge in [-0.1, -0.05) is 24.3 Å². The number of hydrogen-bond acceptors (Lipinski definition) is 10. The third kappa shape index (κ3) is 6.32. The fourth-order valence-electron chi connectivity index (χ4n) is 3.31. The van der Waals surface area contributed by atoms with Gasteiger partial charge < -0.3 is 28.4 Å². The molecule has 0 aliphatic carbocycles. The van der Waals surface area contributed by atoms with Crippen LogP contribution in [0.3, 0.4) is 0 Å². The largest absolute Gasteiger partial charge is 0.508 e. The molecule has 0 radical (unpaired) electrons. The summed E-state index contributed by atoms with van der Waals surface area (Å²) >= 11 is 0. The molecule has 0 spiro atoms. The predicted octanol–water partition coefficient (Wildman–Crippen LogP) is 2.07. The first kappa shape index (κ1) is 23.2. The van der Waals surface area contributed by atoms with Crippen molar-refractivity contribution in [2.75, 3.05) is 33.0 Å². The van der Waals surface area contributed by atoms with Crippen LogP contribution in [-0.4, -0.2) is 69.3 Å². The normalized spacial score (nSPS) is 19.5. The Bertz CT molecular complexity index is 1040. The van der Waals surface area contributed by atoms with Gasteiger partial charge in [0.2, 0.25) is 0 Å². The molecule has 2 unspecified atom stereocenters. The molecule has 2 heterocycles. The van der Waals surface area contributed by atoms with Crippen molar-refractivity contribution in [1.82, 2.24) is 0 Å². The Kier molecular flexibility index (Phi) is 7.38. The molecule has 4 rings (SSSR count). The van der Waals surface area contributed by atoms with Crippen LogP contribution in [0.25, 0.3) is 0 Å². The third-order valence-electron chi connectivity index (χ3n) is 5.06. The predicted molar refractivity (Wildman–Crippen MR) is 113 cm³/mol. The van der Waals surface area contributed by atoms with Gasteiger partial charge in [-0.05, 0) is 41.8 Å². The lowest BCUT2D eigenvalue weighted by molar-refractivity contribution is -0.173. The van der Waals surface area contributed by atoms with E-state index in [1.165, 1.54) is 0 Å². The highest BCUT2D eigenvalue weighted by atomic mass is 16.8. The van der Waals surface area contributed by atoms with Gasteiger partial charge in [-0.3, -0.25) is 0 Å². The fraction of sp³-hybridized carbons (Fsp3) is 0.333. The van der Waals surface area contributed by atoms with Crippen LogP contribution in [0.15, 0.2) is 48.5 Å². The highest BCUT2D eigenvalue weighted by Gasteiger charge is 2.26. The van der Waals surface area contributed by atoms with Crippen molar-refractivity contribution in [2.24, 2.45) is 0 Å². The van der Waals surface area contributed by atoms with Gasteiger partial charge in [-0.2, -0.15) is 0 Å². The van der Waals surface area contributed by atoms with E-state index in [0.29, 0.717) is 17.5 Å². The number of carbonyl (C=O) groups is 4. The van der Waals surface area contributed by atoms with E-state index in [1.807, 2.05) is 24.3 Å². The molecule has 2 fully saturated rings. The molecule has 2 saturated heterocycles. The van der Waals surface area contributed by atoms with Crippen molar-refractivity contribution in [3.8, 4) is 0 Å². The fourth-order valence-corrected chi connectivity index (χ4v) is 3.31. The first-order valence-electron chi connectivity index (χ1n) is 10.6. The summed E-state index contributed by atoms with van der Waals surface area (Å²) in [6.45, 7) is 0.0286. The zero-order valence-corrected chi connectivity index (χ0v) is 18.1. The van der Waals surface area contributed by atoms with E-state index in [0.717, 1.165) is 11.1 Å². The first-order chi connectivity index (χ1) is 16.5. The Morgan fingerprint density at radius 1 is 0.765 bits per heavy atom. The number of benzene rings is 2. The molecule has 0 bridgehead atoms. The summed E-state index contributed by atoms with van der Waals surface area (Å²) in [5, 5.41) is 0. The Morgan fingerprint density at radius 3 is 1.76 bits per heavy atom. The molecule has 2 aromatic rings. The SMILES string of the molecule is O=C1COCC(COC(=O)c2ccc(Cc3ccc(C(=O)OCC4COC(=O)O4)cc3)cc2)O1. The molecule has 10 nitrogen and oxygen atoms in total. The summed E-state index contributed by atoms with van der Waals surface area (Å²) in [6.07, 6.45) is -1.36. The number of hydrogen-bond donors (Lipinski definition) is 0. The van der Waals surface area contributed by atoms with Crippen molar-refractivity contribution < 1.29 is 47.6 Å². The molecule has 0 amide bonds. The van der Waals surface area contributed by atoms with E-state index in [1.54, 1.807) is 24.3 Å². The summed E-state index contributed by atoms with van der Waals surface area (Å²) in [5.74, 6) is -1.52. The van der Waals surface area contributed by atoms with Crippen LogP contribution >= 0.6 is 0 Å². The lowest BCUT2D eigenvalue weighted by atomic mass is 10.0. The van der Waals surface area contributed by atoms with Gasteiger partial charge >= 0.3 is 24.1 Å². The molecular weight excluding hydrogens is 448 g/mol. The molecule has 0 aromatic heterocycles. The monoisotopic (exact) mass is 470 g/mol. The van der Waals surface area contributed by atoms with Crippen LogP contribution in [0.2, 0.25) is 0 Å². The summed E-state index contributed by atoms with van der Waals surface area (Å²) in [6, 6.07) is 13.9. The number of carbonyl (C=O) groups excluding carboxylic acids is 4. The van der Waals surface area contributed by atoms with Gasteiger partial charge in [0.25, 0.3) is 0 Å². The minimum Gasteiger partial charge on any atom is -0.458 e. The third-order valence-corrected chi connectivity index (χ3v) is 5.06. The van der Waals surface area contributed by atoms with Gasteiger partial charge in [0.1, 0.15) is 26.4 Å². The van der Waals surface area contributed by atoms with Crippen molar-refractivity contribution in [3.05, 3.63) is 70.8 Å². The highest BCUT2D eigenvalue weighted by Crippen LogP contribution is 2.15. The second kappa shape index (κ2) is 10.8.